The molecule has 0 bridgehead atoms. The molecular formula is C64H70N4O9. The van der Waals surface area contributed by atoms with Gasteiger partial charge in [0.25, 0.3) is 0 Å². The van der Waals surface area contributed by atoms with Crippen molar-refractivity contribution in [3.63, 3.8) is 0 Å². The minimum absolute atomic E-state index is 0.0287. The maximum atomic E-state index is 13.8. The zero-order chi connectivity index (χ0) is 53.7. The van der Waals surface area contributed by atoms with Crippen molar-refractivity contribution in [2.24, 2.45) is 5.73 Å². The fourth-order valence-corrected chi connectivity index (χ4v) is 8.39. The summed E-state index contributed by atoms with van der Waals surface area (Å²) >= 11 is 0. The van der Waals surface area contributed by atoms with Crippen molar-refractivity contribution in [3.05, 3.63) is 227 Å². The van der Waals surface area contributed by atoms with Gasteiger partial charge in [0.1, 0.15) is 33.0 Å². The van der Waals surface area contributed by atoms with Gasteiger partial charge in [-0.3, -0.25) is 14.4 Å². The molecule has 0 radical (unpaired) electrons. The van der Waals surface area contributed by atoms with Crippen LogP contribution < -0.4 is 30.0 Å². The first-order valence-electron chi connectivity index (χ1n) is 26.4. The molecule has 13 heteroatoms. The van der Waals surface area contributed by atoms with Gasteiger partial charge in [-0.15, -0.1) is 0 Å². The van der Waals surface area contributed by atoms with Gasteiger partial charge in [-0.2, -0.15) is 0 Å². The standard InChI is InChI=1S/C64H70N4O9/c65-61(69)37-42-67(63(71)36-32-51-30-34-58(74-46-53-21-8-2-9-22-53)60(44-51)76-48-55-25-12-4-13-26-55)39-16-17-40-68(64(72)77-49-56-27-14-5-15-28-56)41-18-38-66-62(70)35-31-50-29-33-57(73-45-52-19-6-1-7-20-52)59(43-50)75-47-54-23-10-3-11-24-54/h1-15,19-30,33-34,43-44H,16-18,31-32,35-42,45-49H2,(H2,65,69)(H,66,70). The molecule has 0 saturated carbocycles. The highest BCUT2D eigenvalue weighted by Gasteiger charge is 2.19. The Kier molecular flexibility index (Phi) is 22.9. The van der Waals surface area contributed by atoms with Gasteiger partial charge in [-0.1, -0.05) is 164 Å². The summed E-state index contributed by atoms with van der Waals surface area (Å²) in [6, 6.07) is 60.7. The Morgan fingerprint density at radius 1 is 0.390 bits per heavy atom. The average molecular weight is 1040 g/mol. The molecule has 7 aromatic rings. The lowest BCUT2D eigenvalue weighted by atomic mass is 10.1. The second-order valence-electron chi connectivity index (χ2n) is 18.7. The van der Waals surface area contributed by atoms with Crippen molar-refractivity contribution >= 4 is 23.8 Å². The number of carbonyl (C=O) groups is 4. The minimum Gasteiger partial charge on any atom is -0.485 e. The number of hydrogen-bond donors (Lipinski definition) is 2. The molecule has 0 spiro atoms. The van der Waals surface area contributed by atoms with Crippen LogP contribution in [0.4, 0.5) is 4.79 Å². The molecule has 7 rings (SSSR count). The van der Waals surface area contributed by atoms with Gasteiger partial charge in [-0.25, -0.2) is 4.79 Å². The fourth-order valence-electron chi connectivity index (χ4n) is 8.39. The van der Waals surface area contributed by atoms with Crippen molar-refractivity contribution in [2.45, 2.75) is 84.4 Å². The Balaban J connectivity index is 0.901. The molecule has 7 aromatic carbocycles. The van der Waals surface area contributed by atoms with E-state index < -0.39 is 12.0 Å². The number of unbranched alkanes of at least 4 members (excludes halogenated alkanes) is 1. The lowest BCUT2D eigenvalue weighted by molar-refractivity contribution is -0.131. The van der Waals surface area contributed by atoms with E-state index in [9.17, 15) is 19.2 Å². The Bertz CT molecular complexity index is 2870. The van der Waals surface area contributed by atoms with Crippen LogP contribution in [0.2, 0.25) is 0 Å². The molecular weight excluding hydrogens is 969 g/mol. The third-order valence-electron chi connectivity index (χ3n) is 12.7. The summed E-state index contributed by atoms with van der Waals surface area (Å²) in [4.78, 5) is 55.8. The average Bonchev–Trinajstić information content (AvgIpc) is 3.47. The summed E-state index contributed by atoms with van der Waals surface area (Å²) in [7, 11) is 0. The molecule has 77 heavy (non-hydrogen) atoms. The number of nitrogens with one attached hydrogen (secondary N) is 1. The summed E-state index contributed by atoms with van der Waals surface area (Å²) in [6.07, 6.45) is 2.58. The van der Waals surface area contributed by atoms with Crippen LogP contribution in [0.3, 0.4) is 0 Å². The Hall–Kier alpha value is -8.58. The maximum absolute atomic E-state index is 13.8. The second kappa shape index (κ2) is 31.3. The van der Waals surface area contributed by atoms with Gasteiger partial charge in [0.05, 0.1) is 0 Å². The second-order valence-corrected chi connectivity index (χ2v) is 18.7. The van der Waals surface area contributed by atoms with E-state index in [1.165, 1.54) is 0 Å². The number of nitrogens with zero attached hydrogens (tertiary/aromatic N) is 2. The molecule has 0 heterocycles. The molecule has 0 unspecified atom stereocenters. The summed E-state index contributed by atoms with van der Waals surface area (Å²) < 4.78 is 30.7. The van der Waals surface area contributed by atoms with Crippen molar-refractivity contribution in [3.8, 4) is 23.0 Å². The van der Waals surface area contributed by atoms with Gasteiger partial charge >= 0.3 is 6.09 Å². The van der Waals surface area contributed by atoms with Gasteiger partial charge in [-0.05, 0) is 95.3 Å². The van der Waals surface area contributed by atoms with Crippen molar-refractivity contribution in [1.29, 1.82) is 0 Å². The van der Waals surface area contributed by atoms with E-state index in [4.69, 9.17) is 29.4 Å². The Morgan fingerprint density at radius 3 is 1.22 bits per heavy atom. The van der Waals surface area contributed by atoms with E-state index in [1.54, 1.807) is 9.80 Å². The van der Waals surface area contributed by atoms with E-state index in [2.05, 4.69) is 5.32 Å². The normalized spacial score (nSPS) is 10.8. The third kappa shape index (κ3) is 20.2. The van der Waals surface area contributed by atoms with Crippen molar-refractivity contribution in [1.82, 2.24) is 15.1 Å². The largest absolute Gasteiger partial charge is 0.485 e. The number of carbonyl (C=O) groups excluding carboxylic acids is 4. The van der Waals surface area contributed by atoms with Crippen LogP contribution in [0.15, 0.2) is 188 Å². The van der Waals surface area contributed by atoms with Crippen LogP contribution >= 0.6 is 0 Å². The number of amides is 4. The minimum atomic E-state index is -0.495. The van der Waals surface area contributed by atoms with Crippen LogP contribution in [0, 0.1) is 0 Å². The van der Waals surface area contributed by atoms with Crippen LogP contribution in [0.25, 0.3) is 0 Å². The molecule has 4 amide bonds. The quantitative estimate of drug-likeness (QED) is 0.0392. The molecule has 0 aromatic heterocycles. The number of aryl methyl sites for hydroxylation is 2. The zero-order valence-electron chi connectivity index (χ0n) is 43.8. The highest BCUT2D eigenvalue weighted by Crippen LogP contribution is 2.32. The first-order valence-corrected chi connectivity index (χ1v) is 26.4. The molecule has 13 nitrogen and oxygen atoms in total. The summed E-state index contributed by atoms with van der Waals surface area (Å²) in [5.41, 5.74) is 12.4. The number of rotatable bonds is 32. The molecule has 0 atom stereocenters. The van der Waals surface area contributed by atoms with E-state index >= 15 is 0 Å². The zero-order valence-corrected chi connectivity index (χ0v) is 43.8. The van der Waals surface area contributed by atoms with Gasteiger partial charge in [0, 0.05) is 52.0 Å². The number of ether oxygens (including phenoxy) is 5. The van der Waals surface area contributed by atoms with Gasteiger partial charge < -0.3 is 44.5 Å². The predicted octanol–water partition coefficient (Wildman–Crippen LogP) is 11.2. The molecule has 0 fully saturated rings. The highest BCUT2D eigenvalue weighted by atomic mass is 16.6. The molecule has 0 saturated heterocycles. The molecule has 0 aliphatic rings. The lowest BCUT2D eigenvalue weighted by Crippen LogP contribution is -2.37. The van der Waals surface area contributed by atoms with Gasteiger partial charge in [0.15, 0.2) is 23.0 Å². The van der Waals surface area contributed by atoms with E-state index in [0.29, 0.717) is 108 Å². The van der Waals surface area contributed by atoms with E-state index in [0.717, 1.165) is 38.9 Å². The summed E-state index contributed by atoms with van der Waals surface area (Å²) in [5, 5.41) is 3.02. The Labute approximate surface area is 452 Å². The van der Waals surface area contributed by atoms with Gasteiger partial charge in [0.2, 0.25) is 17.7 Å². The monoisotopic (exact) mass is 1040 g/mol. The van der Waals surface area contributed by atoms with Crippen LogP contribution in [-0.2, 0) is 65.0 Å². The van der Waals surface area contributed by atoms with Crippen LogP contribution in [0.1, 0.15) is 77.5 Å². The third-order valence-corrected chi connectivity index (χ3v) is 12.7. The number of primary amides is 1. The fraction of sp³-hybridized carbons (Fsp3) is 0.281. The first kappa shape index (κ1) is 56.2. The van der Waals surface area contributed by atoms with Crippen LogP contribution in [0.5, 0.6) is 23.0 Å². The molecule has 0 aliphatic carbocycles. The maximum Gasteiger partial charge on any atom is 0.410 e. The predicted molar refractivity (Wildman–Crippen MR) is 298 cm³/mol. The number of nitrogens with two attached hydrogens (primary N) is 1. The summed E-state index contributed by atoms with van der Waals surface area (Å²) in [5.74, 6) is 1.70. The Morgan fingerprint density at radius 2 is 0.779 bits per heavy atom. The molecule has 400 valence electrons. The van der Waals surface area contributed by atoms with Crippen molar-refractivity contribution in [2.75, 3.05) is 32.7 Å². The number of benzene rings is 7. The first-order chi connectivity index (χ1) is 37.7. The number of hydrogen-bond acceptors (Lipinski definition) is 9. The van der Waals surface area contributed by atoms with Crippen molar-refractivity contribution < 1.29 is 42.9 Å². The van der Waals surface area contributed by atoms with E-state index in [-0.39, 0.29) is 44.2 Å². The molecule has 0 aliphatic heterocycles. The topological polar surface area (TPSA) is 159 Å². The van der Waals surface area contributed by atoms with E-state index in [1.807, 2.05) is 188 Å². The smallest absolute Gasteiger partial charge is 0.410 e. The SMILES string of the molecule is NC(=O)CCN(CCCCN(CCCNC(=O)CCc1ccc(OCc2ccccc2)c(OCc2ccccc2)c1)C(=O)OCc1ccccc1)C(=O)CCc1ccc(OCc2ccccc2)c(OCc2ccccc2)c1. The lowest BCUT2D eigenvalue weighted by Gasteiger charge is -2.25. The highest BCUT2D eigenvalue weighted by molar-refractivity contribution is 5.78. The van der Waals surface area contributed by atoms with Crippen LogP contribution in [-0.4, -0.2) is 66.3 Å². The molecule has 3 N–H and O–H groups in total. The summed E-state index contributed by atoms with van der Waals surface area (Å²) in [6.45, 7) is 3.23.